The molecule has 0 radical (unpaired) electrons. The van der Waals surface area contributed by atoms with E-state index < -0.39 is 16.1 Å². The van der Waals surface area contributed by atoms with Gasteiger partial charge < -0.3 is 4.74 Å². The van der Waals surface area contributed by atoms with Crippen LogP contribution >= 0.6 is 0 Å². The number of sulfonamides is 1. The predicted octanol–water partition coefficient (Wildman–Crippen LogP) is 2.29. The van der Waals surface area contributed by atoms with Crippen molar-refractivity contribution in [1.82, 2.24) is 10.3 Å². The van der Waals surface area contributed by atoms with Crippen molar-refractivity contribution in [3.63, 3.8) is 0 Å². The molecule has 0 atom stereocenters. The smallest absolute Gasteiger partial charge is 0.422 e. The molecular weight excluding hydrogens is 304 g/mol. The molecule has 0 bridgehead atoms. The first-order chi connectivity index (χ1) is 10.5. The number of carbonyl (C=O) groups excluding carboxylic acids is 1. The lowest BCUT2D eigenvalue weighted by molar-refractivity contribution is 0.150. The molecule has 0 aliphatic rings. The number of hydrogen-bond acceptors (Lipinski definition) is 4. The van der Waals surface area contributed by atoms with Gasteiger partial charge in [0.2, 0.25) is 0 Å². The molecule has 2 rings (SSSR count). The maximum absolute atomic E-state index is 12.4. The highest BCUT2D eigenvalue weighted by atomic mass is 32.2. The summed E-state index contributed by atoms with van der Waals surface area (Å²) < 4.78 is 29.3. The van der Waals surface area contributed by atoms with Gasteiger partial charge >= 0.3 is 6.09 Å². The van der Waals surface area contributed by atoms with Crippen LogP contribution in [0.15, 0.2) is 59.5 Å². The van der Waals surface area contributed by atoms with Gasteiger partial charge in [0, 0.05) is 5.56 Å². The fraction of sp³-hybridized carbons (Fsp3) is 0.133. The van der Waals surface area contributed by atoms with E-state index in [1.807, 2.05) is 40.6 Å². The average molecular weight is 320 g/mol. The van der Waals surface area contributed by atoms with E-state index in [0.29, 0.717) is 5.56 Å². The molecular formula is C15H16N2O4S. The Morgan fingerprint density at radius 2 is 1.68 bits per heavy atom. The van der Waals surface area contributed by atoms with E-state index in [0.717, 1.165) is 5.56 Å². The fourth-order valence-electron chi connectivity index (χ4n) is 1.89. The molecule has 0 aromatic heterocycles. The first-order valence-electron chi connectivity index (χ1n) is 6.63. The van der Waals surface area contributed by atoms with E-state index in [4.69, 9.17) is 0 Å². The molecule has 0 aliphatic heterocycles. The Labute approximate surface area is 129 Å². The number of carbonyl (C=O) groups is 1. The van der Waals surface area contributed by atoms with Crippen molar-refractivity contribution in [3.8, 4) is 11.1 Å². The molecule has 7 heteroatoms. The van der Waals surface area contributed by atoms with Crippen LogP contribution in [0.2, 0.25) is 0 Å². The number of nitrogens with one attached hydrogen (secondary N) is 2. The van der Waals surface area contributed by atoms with Gasteiger partial charge in [-0.05, 0) is 18.6 Å². The van der Waals surface area contributed by atoms with Crippen molar-refractivity contribution in [2.24, 2.45) is 0 Å². The van der Waals surface area contributed by atoms with Crippen molar-refractivity contribution >= 4 is 16.1 Å². The van der Waals surface area contributed by atoms with Crippen LogP contribution in [0.25, 0.3) is 11.1 Å². The number of rotatable bonds is 5. The summed E-state index contributed by atoms with van der Waals surface area (Å²) in [5, 5.41) is 0. The Hall–Kier alpha value is -2.38. The molecule has 116 valence electrons. The Morgan fingerprint density at radius 3 is 2.36 bits per heavy atom. The van der Waals surface area contributed by atoms with Gasteiger partial charge in [0.05, 0.1) is 11.5 Å². The summed E-state index contributed by atoms with van der Waals surface area (Å²) in [6, 6.07) is 15.7. The second kappa shape index (κ2) is 7.06. The SMILES string of the molecule is CCOC(=O)NNS(=O)(=O)c1ccccc1-c1ccccc1. The lowest BCUT2D eigenvalue weighted by Gasteiger charge is -2.12. The van der Waals surface area contributed by atoms with Crippen molar-refractivity contribution < 1.29 is 17.9 Å². The highest BCUT2D eigenvalue weighted by molar-refractivity contribution is 7.89. The Kier molecular flexibility index (Phi) is 5.13. The summed E-state index contributed by atoms with van der Waals surface area (Å²) in [6.45, 7) is 1.77. The molecule has 0 fully saturated rings. The largest absolute Gasteiger partial charge is 0.449 e. The third-order valence-electron chi connectivity index (χ3n) is 2.82. The molecule has 0 heterocycles. The van der Waals surface area contributed by atoms with Crippen LogP contribution in [0.1, 0.15) is 6.92 Å². The predicted molar refractivity (Wildman–Crippen MR) is 82.4 cm³/mol. The molecule has 2 aromatic carbocycles. The highest BCUT2D eigenvalue weighted by Crippen LogP contribution is 2.26. The molecule has 2 aromatic rings. The van der Waals surface area contributed by atoms with Crippen LogP contribution in [-0.4, -0.2) is 21.1 Å². The molecule has 2 N–H and O–H groups in total. The Balaban J connectivity index is 2.30. The van der Waals surface area contributed by atoms with E-state index >= 15 is 0 Å². The molecule has 0 saturated heterocycles. The lowest BCUT2D eigenvalue weighted by atomic mass is 10.1. The third-order valence-corrected chi connectivity index (χ3v) is 4.13. The van der Waals surface area contributed by atoms with E-state index in [1.54, 1.807) is 25.1 Å². The number of hydrogen-bond donors (Lipinski definition) is 2. The number of hydrazine groups is 1. The molecule has 0 spiro atoms. The normalized spacial score (nSPS) is 11.0. The third kappa shape index (κ3) is 3.84. The second-order valence-electron chi connectivity index (χ2n) is 4.31. The average Bonchev–Trinajstić information content (AvgIpc) is 2.54. The number of benzene rings is 2. The molecule has 0 saturated carbocycles. The maximum Gasteiger partial charge on any atom is 0.422 e. The Bertz CT molecular complexity index is 745. The zero-order valence-corrected chi connectivity index (χ0v) is 12.8. The van der Waals surface area contributed by atoms with Crippen LogP contribution in [0.4, 0.5) is 4.79 Å². The van der Waals surface area contributed by atoms with Crippen molar-refractivity contribution in [2.45, 2.75) is 11.8 Å². The van der Waals surface area contributed by atoms with Crippen LogP contribution < -0.4 is 10.3 Å². The summed E-state index contributed by atoms with van der Waals surface area (Å²) in [7, 11) is -3.91. The zero-order valence-electron chi connectivity index (χ0n) is 11.9. The van der Waals surface area contributed by atoms with Gasteiger partial charge in [-0.2, -0.15) is 0 Å². The number of amides is 1. The monoisotopic (exact) mass is 320 g/mol. The van der Waals surface area contributed by atoms with Crippen LogP contribution in [-0.2, 0) is 14.8 Å². The first kappa shape index (κ1) is 16.0. The standard InChI is InChI=1S/C15H16N2O4S/c1-2-21-15(18)16-17-22(19,20)14-11-7-6-10-13(14)12-8-4-3-5-9-12/h3-11,17H,2H2,1H3,(H,16,18). The van der Waals surface area contributed by atoms with Gasteiger partial charge in [0.25, 0.3) is 10.0 Å². The van der Waals surface area contributed by atoms with E-state index in [9.17, 15) is 13.2 Å². The lowest BCUT2D eigenvalue weighted by Crippen LogP contribution is -2.41. The van der Waals surface area contributed by atoms with Gasteiger partial charge in [-0.1, -0.05) is 48.5 Å². The van der Waals surface area contributed by atoms with Gasteiger partial charge in [0.15, 0.2) is 0 Å². The molecule has 0 unspecified atom stereocenters. The quantitative estimate of drug-likeness (QED) is 0.828. The van der Waals surface area contributed by atoms with Gasteiger partial charge in [-0.3, -0.25) is 0 Å². The van der Waals surface area contributed by atoms with Gasteiger partial charge in [-0.15, -0.1) is 4.83 Å². The maximum atomic E-state index is 12.4. The minimum Gasteiger partial charge on any atom is -0.449 e. The summed E-state index contributed by atoms with van der Waals surface area (Å²) >= 11 is 0. The van der Waals surface area contributed by atoms with E-state index in [2.05, 4.69) is 4.74 Å². The summed E-state index contributed by atoms with van der Waals surface area (Å²) in [5.74, 6) is 0. The van der Waals surface area contributed by atoms with Crippen molar-refractivity contribution in [3.05, 3.63) is 54.6 Å². The van der Waals surface area contributed by atoms with Crippen molar-refractivity contribution in [1.29, 1.82) is 0 Å². The van der Waals surface area contributed by atoms with Gasteiger partial charge in [0.1, 0.15) is 0 Å². The van der Waals surface area contributed by atoms with E-state index in [1.165, 1.54) is 6.07 Å². The number of ether oxygens (including phenoxy) is 1. The minimum atomic E-state index is -3.91. The van der Waals surface area contributed by atoms with Crippen LogP contribution in [0.3, 0.4) is 0 Å². The minimum absolute atomic E-state index is 0.0676. The molecule has 1 amide bonds. The van der Waals surface area contributed by atoms with Gasteiger partial charge in [-0.25, -0.2) is 18.6 Å². The van der Waals surface area contributed by atoms with Crippen LogP contribution in [0, 0.1) is 0 Å². The first-order valence-corrected chi connectivity index (χ1v) is 8.12. The summed E-state index contributed by atoms with van der Waals surface area (Å²) in [6.07, 6.45) is -0.858. The Morgan fingerprint density at radius 1 is 1.05 bits per heavy atom. The summed E-state index contributed by atoms with van der Waals surface area (Å²) in [4.78, 5) is 13.3. The topological polar surface area (TPSA) is 84.5 Å². The highest BCUT2D eigenvalue weighted by Gasteiger charge is 2.19. The molecule has 6 nitrogen and oxygen atoms in total. The second-order valence-corrected chi connectivity index (χ2v) is 5.96. The summed E-state index contributed by atoms with van der Waals surface area (Å²) in [5.41, 5.74) is 3.31. The zero-order chi connectivity index (χ0) is 16.0. The van der Waals surface area contributed by atoms with Crippen molar-refractivity contribution in [2.75, 3.05) is 6.61 Å². The molecule has 22 heavy (non-hydrogen) atoms. The van der Waals surface area contributed by atoms with Crippen LogP contribution in [0.5, 0.6) is 0 Å². The van der Waals surface area contributed by atoms with E-state index in [-0.39, 0.29) is 11.5 Å². The fourth-order valence-corrected chi connectivity index (χ4v) is 2.95. The molecule has 0 aliphatic carbocycles.